The fraction of sp³-hybridized carbons (Fsp3) is 0.381. The van der Waals surface area contributed by atoms with E-state index in [1.165, 1.54) is 22.5 Å². The predicted molar refractivity (Wildman–Crippen MR) is 112 cm³/mol. The van der Waals surface area contributed by atoms with Crippen LogP contribution in [0.1, 0.15) is 35.2 Å². The van der Waals surface area contributed by atoms with Crippen molar-refractivity contribution in [2.45, 2.75) is 33.7 Å². The molecule has 0 aliphatic carbocycles. The van der Waals surface area contributed by atoms with Crippen molar-refractivity contribution in [3.05, 3.63) is 58.7 Å². The first-order chi connectivity index (χ1) is 13.0. The van der Waals surface area contributed by atoms with Gasteiger partial charge in [0.2, 0.25) is 10.0 Å². The van der Waals surface area contributed by atoms with Crippen molar-refractivity contribution in [3.8, 4) is 5.75 Å². The van der Waals surface area contributed by atoms with Gasteiger partial charge in [0, 0.05) is 7.05 Å². The van der Waals surface area contributed by atoms with Gasteiger partial charge in [-0.15, -0.1) is 0 Å². The zero-order valence-electron chi connectivity index (χ0n) is 17.2. The maximum absolute atomic E-state index is 12.2. The Bertz CT molecular complexity index is 953. The molecule has 0 bridgehead atoms. The highest BCUT2D eigenvalue weighted by Gasteiger charge is 2.14. The highest BCUT2D eigenvalue weighted by molar-refractivity contribution is 7.92. The monoisotopic (exact) mass is 404 g/mol. The second kappa shape index (κ2) is 8.65. The topological polar surface area (TPSA) is 75.7 Å². The van der Waals surface area contributed by atoms with Crippen LogP contribution in [0.4, 0.5) is 5.69 Å². The van der Waals surface area contributed by atoms with Crippen LogP contribution in [0.25, 0.3) is 0 Å². The molecule has 6 nitrogen and oxygen atoms in total. The van der Waals surface area contributed by atoms with Crippen LogP contribution in [0.5, 0.6) is 5.75 Å². The molecule has 1 N–H and O–H groups in total. The van der Waals surface area contributed by atoms with Crippen LogP contribution in [0.2, 0.25) is 0 Å². The van der Waals surface area contributed by atoms with Gasteiger partial charge in [-0.1, -0.05) is 12.1 Å². The van der Waals surface area contributed by atoms with Gasteiger partial charge in [-0.3, -0.25) is 9.10 Å². The Hall–Kier alpha value is -2.54. The van der Waals surface area contributed by atoms with Crippen molar-refractivity contribution in [1.29, 1.82) is 0 Å². The Morgan fingerprint density at radius 3 is 2.21 bits per heavy atom. The molecule has 0 unspecified atom stereocenters. The Morgan fingerprint density at radius 2 is 1.64 bits per heavy atom. The Morgan fingerprint density at radius 1 is 1.07 bits per heavy atom. The third-order valence-corrected chi connectivity index (χ3v) is 6.00. The fourth-order valence-electron chi connectivity index (χ4n) is 2.90. The number of hydrogen-bond acceptors (Lipinski definition) is 4. The van der Waals surface area contributed by atoms with E-state index in [0.717, 1.165) is 17.4 Å². The number of nitrogens with zero attached hydrogens (tertiary/aromatic N) is 1. The molecule has 0 radical (unpaired) electrons. The number of carbonyl (C=O) groups excluding carboxylic acids is 1. The molecule has 0 aliphatic heterocycles. The minimum absolute atomic E-state index is 0.116. The number of hydrogen-bond donors (Lipinski definition) is 1. The number of amides is 1. The molecule has 2 aromatic carbocycles. The maximum Gasteiger partial charge on any atom is 0.258 e. The molecular formula is C21H28N2O4S. The van der Waals surface area contributed by atoms with Crippen LogP contribution in [0.3, 0.4) is 0 Å². The van der Waals surface area contributed by atoms with Crippen molar-refractivity contribution in [2.24, 2.45) is 0 Å². The molecule has 28 heavy (non-hydrogen) atoms. The van der Waals surface area contributed by atoms with Gasteiger partial charge in [0.15, 0.2) is 6.61 Å². The zero-order valence-corrected chi connectivity index (χ0v) is 18.1. The second-order valence-electron chi connectivity index (χ2n) is 7.10. The lowest BCUT2D eigenvalue weighted by Crippen LogP contribution is -2.31. The van der Waals surface area contributed by atoms with Gasteiger partial charge in [0.05, 0.1) is 18.0 Å². The first-order valence-electron chi connectivity index (χ1n) is 9.03. The molecule has 0 spiro atoms. The number of anilines is 1. The van der Waals surface area contributed by atoms with E-state index in [1.807, 2.05) is 13.8 Å². The van der Waals surface area contributed by atoms with Crippen molar-refractivity contribution >= 4 is 21.6 Å². The lowest BCUT2D eigenvalue weighted by Gasteiger charge is -2.19. The highest BCUT2D eigenvalue weighted by Crippen LogP contribution is 2.22. The van der Waals surface area contributed by atoms with Gasteiger partial charge in [-0.05, 0) is 74.2 Å². The summed E-state index contributed by atoms with van der Waals surface area (Å²) in [6, 6.07) is 10.7. The fourth-order valence-corrected chi connectivity index (χ4v) is 3.41. The Balaban J connectivity index is 1.94. The number of sulfonamides is 1. The summed E-state index contributed by atoms with van der Waals surface area (Å²) in [5, 5.41) is 2.95. The van der Waals surface area contributed by atoms with E-state index in [0.29, 0.717) is 11.4 Å². The van der Waals surface area contributed by atoms with Gasteiger partial charge >= 0.3 is 0 Å². The molecule has 0 saturated heterocycles. The summed E-state index contributed by atoms with van der Waals surface area (Å²) in [5.74, 6) is 0.276. The number of rotatable bonds is 7. The second-order valence-corrected chi connectivity index (χ2v) is 9.11. The van der Waals surface area contributed by atoms with Crippen LogP contribution >= 0.6 is 0 Å². The van der Waals surface area contributed by atoms with Crippen molar-refractivity contribution in [1.82, 2.24) is 5.32 Å². The molecule has 2 aromatic rings. The maximum atomic E-state index is 12.2. The molecular weight excluding hydrogens is 376 g/mol. The molecule has 0 aromatic heterocycles. The lowest BCUT2D eigenvalue weighted by atomic mass is 9.96. The molecule has 2 rings (SSSR count). The van der Waals surface area contributed by atoms with E-state index in [9.17, 15) is 13.2 Å². The Labute approximate surface area is 167 Å². The number of ether oxygens (including phenoxy) is 1. The van der Waals surface area contributed by atoms with Gasteiger partial charge in [-0.25, -0.2) is 8.42 Å². The van der Waals surface area contributed by atoms with Crippen LogP contribution in [-0.4, -0.2) is 34.2 Å². The van der Waals surface area contributed by atoms with Gasteiger partial charge in [0.1, 0.15) is 5.75 Å². The SMILES string of the molecule is Cc1cc(C)c([C@H](C)NC(=O)COc2ccc(N(C)S(C)(=O)=O)cc2)cc1C. The van der Waals surface area contributed by atoms with Crippen molar-refractivity contribution < 1.29 is 17.9 Å². The first kappa shape index (κ1) is 21.8. The van der Waals surface area contributed by atoms with E-state index >= 15 is 0 Å². The van der Waals surface area contributed by atoms with Crippen LogP contribution in [-0.2, 0) is 14.8 Å². The third kappa shape index (κ3) is 5.48. The smallest absolute Gasteiger partial charge is 0.258 e. The molecule has 0 saturated carbocycles. The van der Waals surface area contributed by atoms with Crippen LogP contribution in [0.15, 0.2) is 36.4 Å². The summed E-state index contributed by atoms with van der Waals surface area (Å²) in [7, 11) is -1.83. The third-order valence-electron chi connectivity index (χ3n) is 4.79. The van der Waals surface area contributed by atoms with E-state index in [2.05, 4.69) is 31.3 Å². The van der Waals surface area contributed by atoms with Crippen molar-refractivity contribution in [3.63, 3.8) is 0 Å². The minimum atomic E-state index is -3.32. The number of benzene rings is 2. The van der Waals surface area contributed by atoms with E-state index in [4.69, 9.17) is 4.74 Å². The molecule has 152 valence electrons. The van der Waals surface area contributed by atoms with E-state index < -0.39 is 10.0 Å². The lowest BCUT2D eigenvalue weighted by molar-refractivity contribution is -0.123. The van der Waals surface area contributed by atoms with Gasteiger partial charge in [0.25, 0.3) is 5.91 Å². The van der Waals surface area contributed by atoms with Gasteiger partial charge < -0.3 is 10.1 Å². The molecule has 1 atom stereocenters. The van der Waals surface area contributed by atoms with E-state index in [-0.39, 0.29) is 18.6 Å². The first-order valence-corrected chi connectivity index (χ1v) is 10.9. The van der Waals surface area contributed by atoms with E-state index in [1.54, 1.807) is 24.3 Å². The highest BCUT2D eigenvalue weighted by atomic mass is 32.2. The normalized spacial score (nSPS) is 12.4. The summed E-state index contributed by atoms with van der Waals surface area (Å²) >= 11 is 0. The standard InChI is InChI=1S/C21H28N2O4S/c1-14-11-16(3)20(12-15(14)2)17(4)22-21(24)13-27-19-9-7-18(8-10-19)23(5)28(6,25)26/h7-12,17H,13H2,1-6H3,(H,22,24)/t17-/m0/s1. The molecule has 0 aliphatic rings. The van der Waals surface area contributed by atoms with Gasteiger partial charge in [-0.2, -0.15) is 0 Å². The van der Waals surface area contributed by atoms with Crippen molar-refractivity contribution in [2.75, 3.05) is 24.2 Å². The summed E-state index contributed by atoms with van der Waals surface area (Å²) < 4.78 is 29.8. The van der Waals surface area contributed by atoms with Crippen LogP contribution in [0, 0.1) is 20.8 Å². The summed E-state index contributed by atoms with van der Waals surface area (Å²) in [4.78, 5) is 12.2. The predicted octanol–water partition coefficient (Wildman–Crippen LogP) is 3.26. The number of carbonyl (C=O) groups is 1. The minimum Gasteiger partial charge on any atom is -0.484 e. The zero-order chi connectivity index (χ0) is 21.1. The summed E-state index contributed by atoms with van der Waals surface area (Å²) in [6.07, 6.45) is 1.14. The average Bonchev–Trinajstić information content (AvgIpc) is 2.62. The Kier molecular flexibility index (Phi) is 6.72. The average molecular weight is 405 g/mol. The largest absolute Gasteiger partial charge is 0.484 e. The molecule has 0 heterocycles. The number of nitrogens with one attached hydrogen (secondary N) is 1. The summed E-state index contributed by atoms with van der Waals surface area (Å²) in [6.45, 7) is 8.00. The molecule has 7 heteroatoms. The summed E-state index contributed by atoms with van der Waals surface area (Å²) in [5.41, 5.74) is 5.18. The quantitative estimate of drug-likeness (QED) is 0.769. The van der Waals surface area contributed by atoms with Crippen LogP contribution < -0.4 is 14.4 Å². The molecule has 1 amide bonds. The number of aryl methyl sites for hydroxylation is 3. The molecule has 0 fully saturated rings.